The van der Waals surface area contributed by atoms with Crippen molar-refractivity contribution >= 4 is 17.2 Å². The molecular weight excluding hydrogens is 260 g/mol. The number of rotatable bonds is 2. The Labute approximate surface area is 114 Å². The maximum atomic E-state index is 12.3. The molecular formula is C14H14N2O4. The van der Waals surface area contributed by atoms with E-state index in [-0.39, 0.29) is 11.2 Å². The van der Waals surface area contributed by atoms with Gasteiger partial charge in [-0.15, -0.1) is 0 Å². The number of aromatic nitrogens is 2. The highest BCUT2D eigenvalue weighted by Crippen LogP contribution is 2.37. The van der Waals surface area contributed by atoms with Crippen LogP contribution >= 0.6 is 0 Å². The number of carbonyl (C=O) groups is 1. The molecule has 0 aromatic carbocycles. The number of hydrogen-bond acceptors (Lipinski definition) is 5. The molecule has 1 fully saturated rings. The Hall–Kier alpha value is -2.37. The highest BCUT2D eigenvalue weighted by molar-refractivity contribution is 5.78. The van der Waals surface area contributed by atoms with Gasteiger partial charge in [0.1, 0.15) is 5.65 Å². The lowest BCUT2D eigenvalue weighted by Gasteiger charge is -2.11. The van der Waals surface area contributed by atoms with Crippen LogP contribution in [0.2, 0.25) is 0 Å². The first-order chi connectivity index (χ1) is 9.60. The molecule has 0 unspecified atom stereocenters. The van der Waals surface area contributed by atoms with Crippen LogP contribution in [0.25, 0.3) is 11.0 Å². The van der Waals surface area contributed by atoms with E-state index in [9.17, 15) is 9.59 Å². The van der Waals surface area contributed by atoms with Gasteiger partial charge in [-0.05, 0) is 31.9 Å². The Morgan fingerprint density at radius 2 is 2.15 bits per heavy atom. The van der Waals surface area contributed by atoms with Crippen LogP contribution in [-0.4, -0.2) is 22.8 Å². The summed E-state index contributed by atoms with van der Waals surface area (Å²) >= 11 is 0. The van der Waals surface area contributed by atoms with Gasteiger partial charge in [-0.2, -0.15) is 0 Å². The molecule has 6 nitrogen and oxygen atoms in total. The van der Waals surface area contributed by atoms with Crippen LogP contribution in [0.3, 0.4) is 0 Å². The summed E-state index contributed by atoms with van der Waals surface area (Å²) in [6.07, 6.45) is 2.71. The molecule has 1 aliphatic rings. The fourth-order valence-electron chi connectivity index (χ4n) is 2.13. The van der Waals surface area contributed by atoms with E-state index in [0.717, 1.165) is 18.5 Å². The normalized spacial score (nSPS) is 14.3. The topological polar surface area (TPSA) is 70.4 Å². The summed E-state index contributed by atoms with van der Waals surface area (Å²) in [6.45, 7) is 1.88. The predicted octanol–water partition coefficient (Wildman–Crippen LogP) is 2.19. The van der Waals surface area contributed by atoms with Crippen molar-refractivity contribution in [3.8, 4) is 5.75 Å². The number of carbonyl (C=O) groups excluding carboxylic acids is 1. The monoisotopic (exact) mass is 274 g/mol. The van der Waals surface area contributed by atoms with E-state index in [0.29, 0.717) is 17.1 Å². The second-order valence-electron chi connectivity index (χ2n) is 4.84. The molecule has 0 amide bonds. The maximum absolute atomic E-state index is 12.3. The fourth-order valence-corrected chi connectivity index (χ4v) is 2.13. The van der Waals surface area contributed by atoms with E-state index in [1.807, 2.05) is 11.5 Å². The van der Waals surface area contributed by atoms with Gasteiger partial charge in [0, 0.05) is 11.7 Å². The van der Waals surface area contributed by atoms with Crippen LogP contribution in [0.4, 0.5) is 4.79 Å². The van der Waals surface area contributed by atoms with Crippen molar-refractivity contribution in [2.75, 3.05) is 7.11 Å². The Morgan fingerprint density at radius 1 is 1.40 bits per heavy atom. The van der Waals surface area contributed by atoms with E-state index in [1.165, 1.54) is 7.11 Å². The summed E-state index contributed by atoms with van der Waals surface area (Å²) in [4.78, 5) is 27.9. The van der Waals surface area contributed by atoms with Crippen LogP contribution < -0.4 is 10.2 Å². The Morgan fingerprint density at radius 3 is 2.80 bits per heavy atom. The molecule has 6 heteroatoms. The molecule has 0 spiro atoms. The van der Waals surface area contributed by atoms with Crippen molar-refractivity contribution in [3.05, 3.63) is 34.2 Å². The van der Waals surface area contributed by atoms with Crippen LogP contribution in [0.15, 0.2) is 23.1 Å². The second-order valence-corrected chi connectivity index (χ2v) is 4.84. The first-order valence-electron chi connectivity index (χ1n) is 6.38. The van der Waals surface area contributed by atoms with Crippen molar-refractivity contribution in [3.63, 3.8) is 0 Å². The molecule has 1 saturated carbocycles. The molecule has 2 aromatic heterocycles. The smallest absolute Gasteiger partial charge is 0.437 e. The number of methoxy groups -OCH3 is 1. The van der Waals surface area contributed by atoms with Gasteiger partial charge >= 0.3 is 6.16 Å². The van der Waals surface area contributed by atoms with E-state index >= 15 is 0 Å². The van der Waals surface area contributed by atoms with Crippen LogP contribution in [-0.2, 0) is 4.74 Å². The van der Waals surface area contributed by atoms with Crippen LogP contribution in [0.5, 0.6) is 5.75 Å². The number of nitrogens with zero attached hydrogens (tertiary/aromatic N) is 2. The minimum absolute atomic E-state index is 0.0260. The van der Waals surface area contributed by atoms with Crippen LogP contribution in [0.1, 0.15) is 24.6 Å². The van der Waals surface area contributed by atoms with E-state index < -0.39 is 6.16 Å². The average molecular weight is 274 g/mol. The quantitative estimate of drug-likeness (QED) is 0.785. The maximum Gasteiger partial charge on any atom is 0.513 e. The first-order valence-corrected chi connectivity index (χ1v) is 6.38. The third-order valence-corrected chi connectivity index (χ3v) is 3.28. The van der Waals surface area contributed by atoms with Crippen molar-refractivity contribution in [1.82, 2.24) is 9.55 Å². The van der Waals surface area contributed by atoms with E-state index in [1.54, 1.807) is 18.3 Å². The van der Waals surface area contributed by atoms with Gasteiger partial charge in [-0.25, -0.2) is 9.78 Å². The largest absolute Gasteiger partial charge is 0.513 e. The lowest BCUT2D eigenvalue weighted by atomic mass is 10.2. The van der Waals surface area contributed by atoms with Gasteiger partial charge in [0.05, 0.1) is 18.7 Å². The first kappa shape index (κ1) is 12.7. The average Bonchev–Trinajstić information content (AvgIpc) is 3.26. The highest BCUT2D eigenvalue weighted by Gasteiger charge is 2.27. The zero-order valence-corrected chi connectivity index (χ0v) is 11.3. The van der Waals surface area contributed by atoms with Crippen molar-refractivity contribution in [1.29, 1.82) is 0 Å². The van der Waals surface area contributed by atoms with Crippen LogP contribution in [0, 0.1) is 6.92 Å². The van der Waals surface area contributed by atoms with Crippen molar-refractivity contribution in [2.45, 2.75) is 25.8 Å². The minimum atomic E-state index is -0.899. The van der Waals surface area contributed by atoms with E-state index in [4.69, 9.17) is 4.74 Å². The summed E-state index contributed by atoms with van der Waals surface area (Å²) in [7, 11) is 1.20. The molecule has 3 rings (SSSR count). The lowest BCUT2D eigenvalue weighted by molar-refractivity contribution is 0.121. The minimum Gasteiger partial charge on any atom is -0.437 e. The zero-order chi connectivity index (χ0) is 14.3. The Balaban J connectivity index is 2.22. The molecule has 0 atom stereocenters. The van der Waals surface area contributed by atoms with Gasteiger partial charge in [0.2, 0.25) is 5.43 Å². The summed E-state index contributed by atoms with van der Waals surface area (Å²) in [6, 6.07) is 3.79. The van der Waals surface area contributed by atoms with Crippen molar-refractivity contribution in [2.24, 2.45) is 0 Å². The number of pyridine rings is 2. The second kappa shape index (κ2) is 4.63. The zero-order valence-electron chi connectivity index (χ0n) is 11.3. The molecule has 20 heavy (non-hydrogen) atoms. The van der Waals surface area contributed by atoms with E-state index in [2.05, 4.69) is 9.72 Å². The van der Waals surface area contributed by atoms with Gasteiger partial charge in [0.25, 0.3) is 0 Å². The SMILES string of the molecule is COC(=O)Oc1cn(C2CC2)c2nc(C)ccc2c1=O. The van der Waals surface area contributed by atoms with Gasteiger partial charge < -0.3 is 14.0 Å². The summed E-state index contributed by atoms with van der Waals surface area (Å²) in [5, 5.41) is 0.448. The predicted molar refractivity (Wildman–Crippen MR) is 72.0 cm³/mol. The molecule has 0 N–H and O–H groups in total. The molecule has 0 bridgehead atoms. The fraction of sp³-hybridized carbons (Fsp3) is 0.357. The third-order valence-electron chi connectivity index (χ3n) is 3.28. The molecule has 1 aliphatic carbocycles. The molecule has 104 valence electrons. The standard InChI is InChI=1S/C14H14N2O4/c1-8-3-6-10-12(17)11(20-14(18)19-2)7-16(9-4-5-9)13(10)15-8/h3,6-7,9H,4-5H2,1-2H3. The number of ether oxygens (including phenoxy) is 2. The molecule has 0 radical (unpaired) electrons. The molecule has 0 aliphatic heterocycles. The van der Waals surface area contributed by atoms with Gasteiger partial charge in [-0.3, -0.25) is 4.79 Å². The molecule has 2 aromatic rings. The number of hydrogen-bond donors (Lipinski definition) is 0. The molecule has 0 saturated heterocycles. The Bertz CT molecular complexity index is 747. The van der Waals surface area contributed by atoms with Gasteiger partial charge in [0.15, 0.2) is 5.75 Å². The van der Waals surface area contributed by atoms with Gasteiger partial charge in [-0.1, -0.05) is 0 Å². The summed E-state index contributed by atoms with van der Waals surface area (Å²) in [5.74, 6) is -0.0260. The number of aryl methyl sites for hydroxylation is 1. The highest BCUT2D eigenvalue weighted by atomic mass is 16.7. The number of fused-ring (bicyclic) bond motifs is 1. The summed E-state index contributed by atoms with van der Waals surface area (Å²) in [5.41, 5.74) is 1.12. The lowest BCUT2D eigenvalue weighted by Crippen LogP contribution is -2.18. The molecule has 2 heterocycles. The summed E-state index contributed by atoms with van der Waals surface area (Å²) < 4.78 is 11.3. The third kappa shape index (κ3) is 2.13. The Kier molecular flexibility index (Phi) is 2.93. The van der Waals surface area contributed by atoms with Crippen molar-refractivity contribution < 1.29 is 14.3 Å².